The number of amides is 1. The largest absolute Gasteiger partial charge is 0.387 e. The van der Waals surface area contributed by atoms with Crippen molar-refractivity contribution in [1.29, 1.82) is 0 Å². The lowest BCUT2D eigenvalue weighted by molar-refractivity contribution is 0.0916. The number of aliphatic hydroxyl groups excluding tert-OH is 1. The highest BCUT2D eigenvalue weighted by atomic mass is 35.5. The van der Waals surface area contributed by atoms with Crippen molar-refractivity contribution in [2.45, 2.75) is 13.0 Å². The minimum atomic E-state index is -0.678. The summed E-state index contributed by atoms with van der Waals surface area (Å²) in [6, 6.07) is 6.95. The van der Waals surface area contributed by atoms with Gasteiger partial charge in [-0.1, -0.05) is 11.6 Å². The number of benzene rings is 1. The maximum absolute atomic E-state index is 12.0. The van der Waals surface area contributed by atoms with Crippen LogP contribution in [0, 0.1) is 6.92 Å². The molecule has 1 aromatic heterocycles. The molecule has 0 aliphatic heterocycles. The van der Waals surface area contributed by atoms with Crippen molar-refractivity contribution in [1.82, 2.24) is 5.32 Å². The number of hydrogen-bond acceptors (Lipinski definition) is 3. The molecule has 2 N–H and O–H groups in total. The van der Waals surface area contributed by atoms with E-state index in [-0.39, 0.29) is 12.5 Å². The normalized spacial score (nSPS) is 12.2. The maximum Gasteiger partial charge on any atom is 0.251 e. The third kappa shape index (κ3) is 3.56. The number of thiophene rings is 1. The minimum Gasteiger partial charge on any atom is -0.387 e. The predicted octanol–water partition coefficient (Wildman–Crippen LogP) is 3.17. The van der Waals surface area contributed by atoms with E-state index in [1.165, 1.54) is 11.3 Å². The van der Waals surface area contributed by atoms with E-state index in [0.29, 0.717) is 10.6 Å². The zero-order valence-electron chi connectivity index (χ0n) is 10.4. The van der Waals surface area contributed by atoms with Crippen LogP contribution in [-0.2, 0) is 0 Å². The zero-order chi connectivity index (χ0) is 13.8. The molecule has 0 fully saturated rings. The highest BCUT2D eigenvalue weighted by Crippen LogP contribution is 2.17. The summed E-state index contributed by atoms with van der Waals surface area (Å²) in [5.74, 6) is -0.205. The summed E-state index contributed by atoms with van der Waals surface area (Å²) in [5, 5.41) is 17.0. The monoisotopic (exact) mass is 295 g/mol. The summed E-state index contributed by atoms with van der Waals surface area (Å²) in [4.78, 5) is 12.0. The van der Waals surface area contributed by atoms with E-state index in [9.17, 15) is 9.90 Å². The van der Waals surface area contributed by atoms with E-state index in [0.717, 1.165) is 11.1 Å². The van der Waals surface area contributed by atoms with Crippen LogP contribution in [0.2, 0.25) is 5.02 Å². The Morgan fingerprint density at radius 1 is 1.47 bits per heavy atom. The van der Waals surface area contributed by atoms with Crippen LogP contribution in [0.15, 0.2) is 35.0 Å². The van der Waals surface area contributed by atoms with Crippen molar-refractivity contribution in [3.05, 3.63) is 56.7 Å². The number of carbonyl (C=O) groups is 1. The van der Waals surface area contributed by atoms with E-state index in [1.807, 2.05) is 23.8 Å². The van der Waals surface area contributed by atoms with Crippen molar-refractivity contribution in [2.75, 3.05) is 6.54 Å². The Balaban J connectivity index is 1.98. The highest BCUT2D eigenvalue weighted by molar-refractivity contribution is 7.07. The number of nitrogens with one attached hydrogen (secondary N) is 1. The third-order valence-electron chi connectivity index (χ3n) is 2.82. The molecule has 1 atom stereocenters. The van der Waals surface area contributed by atoms with Gasteiger partial charge in [-0.25, -0.2) is 0 Å². The van der Waals surface area contributed by atoms with Crippen LogP contribution >= 0.6 is 22.9 Å². The van der Waals surface area contributed by atoms with Crippen molar-refractivity contribution >= 4 is 28.8 Å². The molecule has 0 radical (unpaired) electrons. The molecular formula is C14H14ClNO2S. The Bertz CT molecular complexity index is 569. The molecule has 0 spiro atoms. The van der Waals surface area contributed by atoms with Crippen LogP contribution in [0.3, 0.4) is 0 Å². The van der Waals surface area contributed by atoms with Gasteiger partial charge in [-0.15, -0.1) is 0 Å². The molecule has 0 saturated carbocycles. The first kappa shape index (κ1) is 14.1. The van der Waals surface area contributed by atoms with Gasteiger partial charge < -0.3 is 10.4 Å². The number of aryl methyl sites for hydroxylation is 1. The van der Waals surface area contributed by atoms with Crippen LogP contribution in [-0.4, -0.2) is 17.6 Å². The van der Waals surface area contributed by atoms with E-state index >= 15 is 0 Å². The first-order valence-corrected chi connectivity index (χ1v) is 7.14. The average molecular weight is 296 g/mol. The van der Waals surface area contributed by atoms with Crippen molar-refractivity contribution in [2.24, 2.45) is 0 Å². The first-order chi connectivity index (χ1) is 9.08. The second kappa shape index (κ2) is 6.19. The Morgan fingerprint density at radius 3 is 2.89 bits per heavy atom. The molecule has 0 aliphatic carbocycles. The molecule has 1 heterocycles. The summed E-state index contributed by atoms with van der Waals surface area (Å²) in [5.41, 5.74) is 2.20. The van der Waals surface area contributed by atoms with Crippen LogP contribution in [0.25, 0.3) is 0 Å². The highest BCUT2D eigenvalue weighted by Gasteiger charge is 2.12. The van der Waals surface area contributed by atoms with Gasteiger partial charge in [-0.2, -0.15) is 11.3 Å². The van der Waals surface area contributed by atoms with E-state index in [2.05, 4.69) is 5.32 Å². The molecule has 1 amide bonds. The second-order valence-electron chi connectivity index (χ2n) is 4.24. The molecule has 2 rings (SSSR count). The van der Waals surface area contributed by atoms with Crippen molar-refractivity contribution < 1.29 is 9.90 Å². The van der Waals surface area contributed by atoms with E-state index < -0.39 is 6.10 Å². The number of rotatable bonds is 4. The quantitative estimate of drug-likeness (QED) is 0.910. The molecule has 3 nitrogen and oxygen atoms in total. The zero-order valence-corrected chi connectivity index (χ0v) is 12.0. The molecule has 0 saturated heterocycles. The van der Waals surface area contributed by atoms with Crippen molar-refractivity contribution in [3.8, 4) is 0 Å². The Morgan fingerprint density at radius 2 is 2.26 bits per heavy atom. The van der Waals surface area contributed by atoms with Gasteiger partial charge in [0.25, 0.3) is 5.91 Å². The molecule has 2 aromatic rings. The van der Waals surface area contributed by atoms with Gasteiger partial charge in [0.15, 0.2) is 0 Å². The molecule has 0 bridgehead atoms. The second-order valence-corrected chi connectivity index (χ2v) is 5.46. The Labute approximate surface area is 120 Å². The summed E-state index contributed by atoms with van der Waals surface area (Å²) >= 11 is 7.36. The summed E-state index contributed by atoms with van der Waals surface area (Å²) in [6.07, 6.45) is -0.678. The topological polar surface area (TPSA) is 49.3 Å². The molecule has 0 aliphatic rings. The lowest BCUT2D eigenvalue weighted by atomic mass is 10.1. The average Bonchev–Trinajstić information content (AvgIpc) is 2.89. The minimum absolute atomic E-state index is 0.192. The van der Waals surface area contributed by atoms with Crippen LogP contribution in [0.4, 0.5) is 0 Å². The third-order valence-corrected chi connectivity index (χ3v) is 3.75. The summed E-state index contributed by atoms with van der Waals surface area (Å²) < 4.78 is 0. The number of carbonyl (C=O) groups excluding carboxylic acids is 1. The predicted molar refractivity (Wildman–Crippen MR) is 77.8 cm³/mol. The molecule has 1 aromatic carbocycles. The molecule has 19 heavy (non-hydrogen) atoms. The molecule has 100 valence electrons. The molecule has 5 heteroatoms. The fourth-order valence-electron chi connectivity index (χ4n) is 1.75. The smallest absolute Gasteiger partial charge is 0.251 e. The van der Waals surface area contributed by atoms with Gasteiger partial charge in [0.1, 0.15) is 0 Å². The lowest BCUT2D eigenvalue weighted by Gasteiger charge is -2.12. The molecular weight excluding hydrogens is 282 g/mol. The van der Waals surface area contributed by atoms with Gasteiger partial charge in [0.2, 0.25) is 0 Å². The number of halogens is 1. The lowest BCUT2D eigenvalue weighted by Crippen LogP contribution is -2.28. The van der Waals surface area contributed by atoms with E-state index in [4.69, 9.17) is 11.6 Å². The maximum atomic E-state index is 12.0. The first-order valence-electron chi connectivity index (χ1n) is 5.82. The van der Waals surface area contributed by atoms with E-state index in [1.54, 1.807) is 18.2 Å². The van der Waals surface area contributed by atoms with Gasteiger partial charge in [0.05, 0.1) is 6.10 Å². The van der Waals surface area contributed by atoms with Gasteiger partial charge in [-0.3, -0.25) is 4.79 Å². The summed E-state index contributed by atoms with van der Waals surface area (Å²) in [6.45, 7) is 2.02. The van der Waals surface area contributed by atoms with Gasteiger partial charge >= 0.3 is 0 Å². The number of aliphatic hydroxyl groups is 1. The Kier molecular flexibility index (Phi) is 4.58. The van der Waals surface area contributed by atoms with Gasteiger partial charge in [0, 0.05) is 17.1 Å². The van der Waals surface area contributed by atoms with Crippen LogP contribution < -0.4 is 5.32 Å². The summed E-state index contributed by atoms with van der Waals surface area (Å²) in [7, 11) is 0. The number of hydrogen-bond donors (Lipinski definition) is 2. The fourth-order valence-corrected chi connectivity index (χ4v) is 2.68. The van der Waals surface area contributed by atoms with Crippen molar-refractivity contribution in [3.63, 3.8) is 0 Å². The SMILES string of the molecule is Cc1cc(Cl)ccc1C(=O)NCC(O)c1ccsc1. The van der Waals surface area contributed by atoms with Crippen LogP contribution in [0.5, 0.6) is 0 Å². The standard InChI is InChI=1S/C14H14ClNO2S/c1-9-6-11(15)2-3-12(9)14(18)16-7-13(17)10-4-5-19-8-10/h2-6,8,13,17H,7H2,1H3,(H,16,18). The van der Waals surface area contributed by atoms with Crippen LogP contribution in [0.1, 0.15) is 27.6 Å². The molecule has 1 unspecified atom stereocenters. The van der Waals surface area contributed by atoms with Gasteiger partial charge in [-0.05, 0) is 53.1 Å². The fraction of sp³-hybridized carbons (Fsp3) is 0.214. The Hall–Kier alpha value is -1.36.